The Labute approximate surface area is 248 Å². The van der Waals surface area contributed by atoms with Crippen LogP contribution in [0.5, 0.6) is 0 Å². The number of carbonyl (C=O) groups is 6. The Morgan fingerprint density at radius 3 is 1.44 bits per heavy atom. The van der Waals surface area contributed by atoms with Gasteiger partial charge in [-0.25, -0.2) is 0 Å². The molecule has 0 saturated carbocycles. The fourth-order valence-corrected chi connectivity index (χ4v) is 4.70. The van der Waals surface area contributed by atoms with Gasteiger partial charge in [0, 0.05) is 48.6 Å². The Morgan fingerprint density at radius 1 is 0.581 bits per heavy atom. The Balaban J connectivity index is 2.48. The number of hydroxylamine groups is 2. The minimum atomic E-state index is -1.42. The summed E-state index contributed by atoms with van der Waals surface area (Å²) in [6.45, 7) is 7.78. The maximum atomic E-state index is 12.1. The molecule has 2 fully saturated rings. The number of esters is 6. The van der Waals surface area contributed by atoms with Crippen LogP contribution in [0.15, 0.2) is 0 Å². The summed E-state index contributed by atoms with van der Waals surface area (Å²) in [6.07, 6.45) is -12.8. The lowest BCUT2D eigenvalue weighted by Gasteiger charge is -2.47. The third-order valence-electron chi connectivity index (χ3n) is 6.22. The zero-order valence-electron chi connectivity index (χ0n) is 25.5. The molecule has 0 radical (unpaired) electrons. The number of likely N-dealkylation sites (N-methyl/N-ethyl adjacent to an activating group) is 1. The molecule has 2 aliphatic rings. The second kappa shape index (κ2) is 15.9. The third-order valence-corrected chi connectivity index (χ3v) is 6.22. The monoisotopic (exact) mass is 621 g/mol. The predicted octanol–water partition coefficient (Wildman–Crippen LogP) is -0.444. The van der Waals surface area contributed by atoms with Gasteiger partial charge < -0.3 is 42.6 Å². The highest BCUT2D eigenvalue weighted by molar-refractivity contribution is 5.69. The molecule has 10 atom stereocenters. The van der Waals surface area contributed by atoms with Crippen LogP contribution in [0.25, 0.3) is 0 Å². The highest BCUT2D eigenvalue weighted by Gasteiger charge is 2.55. The molecule has 0 aromatic rings. The van der Waals surface area contributed by atoms with Crippen molar-refractivity contribution in [2.75, 3.05) is 20.8 Å². The fraction of sp³-hybridized carbons (Fsp3) is 0.769. The van der Waals surface area contributed by atoms with Crippen molar-refractivity contribution in [2.24, 2.45) is 0 Å². The van der Waals surface area contributed by atoms with Crippen molar-refractivity contribution in [1.82, 2.24) is 5.06 Å². The Morgan fingerprint density at radius 2 is 0.977 bits per heavy atom. The lowest BCUT2D eigenvalue weighted by atomic mass is 9.96. The lowest BCUT2D eigenvalue weighted by Crippen LogP contribution is -2.66. The molecule has 0 amide bonds. The van der Waals surface area contributed by atoms with Gasteiger partial charge in [0.25, 0.3) is 0 Å². The molecule has 43 heavy (non-hydrogen) atoms. The van der Waals surface area contributed by atoms with Crippen LogP contribution in [0, 0.1) is 0 Å². The van der Waals surface area contributed by atoms with Crippen molar-refractivity contribution in [3.05, 3.63) is 0 Å². The van der Waals surface area contributed by atoms with Crippen molar-refractivity contribution in [3.8, 4) is 0 Å². The maximum Gasteiger partial charge on any atom is 0.303 e. The molecule has 2 heterocycles. The molecule has 17 nitrogen and oxygen atoms in total. The molecule has 244 valence electrons. The van der Waals surface area contributed by atoms with Gasteiger partial charge in [-0.2, -0.15) is 5.06 Å². The van der Waals surface area contributed by atoms with E-state index in [-0.39, 0.29) is 0 Å². The van der Waals surface area contributed by atoms with Crippen LogP contribution in [-0.4, -0.2) is 123 Å². The maximum absolute atomic E-state index is 12.1. The van der Waals surface area contributed by atoms with E-state index in [1.165, 1.54) is 26.1 Å². The average Bonchev–Trinajstić information content (AvgIpc) is 2.87. The molecule has 0 aliphatic carbocycles. The van der Waals surface area contributed by atoms with Gasteiger partial charge in [-0.15, -0.1) is 0 Å². The van der Waals surface area contributed by atoms with Gasteiger partial charge in [0.15, 0.2) is 49.1 Å². The molecular weight excluding hydrogens is 582 g/mol. The molecule has 2 saturated heterocycles. The number of ether oxygens (including phenoxy) is 9. The molecule has 2 aliphatic heterocycles. The lowest BCUT2D eigenvalue weighted by molar-refractivity contribution is -0.339. The first-order valence-electron chi connectivity index (χ1n) is 13.3. The van der Waals surface area contributed by atoms with Crippen LogP contribution < -0.4 is 0 Å². The second-order valence-corrected chi connectivity index (χ2v) is 9.78. The number of hydrogen-bond donors (Lipinski definition) is 0. The summed E-state index contributed by atoms with van der Waals surface area (Å²) in [7, 11) is 2.77. The molecule has 17 heteroatoms. The topological polar surface area (TPSA) is 198 Å². The largest absolute Gasteiger partial charge is 0.456 e. The standard InChI is InChI=1S/C26H39NO16/c1-11-19(37-12(2)28)21(39-14(4)30)24(42-17(7)33)26(36-11)35-10-18-20(38-13(3)29)22(40-15(5)31)23(41-16(6)32)25(43-18)27(8)34-9/h11,18-26H,10H2,1-9H3/t11-,18+,19-,20+,21+,22-,23+,24+,25+,26+/m0/s1. The third kappa shape index (κ3) is 10.1. The van der Waals surface area contributed by atoms with Gasteiger partial charge >= 0.3 is 35.8 Å². The van der Waals surface area contributed by atoms with Crippen LogP contribution in [0.3, 0.4) is 0 Å². The summed E-state index contributed by atoms with van der Waals surface area (Å²) >= 11 is 0. The minimum absolute atomic E-state index is 0.462. The van der Waals surface area contributed by atoms with E-state index in [2.05, 4.69) is 0 Å². The fourth-order valence-electron chi connectivity index (χ4n) is 4.70. The Hall–Kier alpha value is -3.38. The quantitative estimate of drug-likeness (QED) is 0.163. The Kier molecular flexibility index (Phi) is 13.2. The van der Waals surface area contributed by atoms with Gasteiger partial charge in [-0.1, -0.05) is 0 Å². The van der Waals surface area contributed by atoms with Crippen LogP contribution in [0.1, 0.15) is 48.5 Å². The molecule has 0 aromatic carbocycles. The van der Waals surface area contributed by atoms with Crippen LogP contribution in [0.2, 0.25) is 0 Å². The summed E-state index contributed by atoms with van der Waals surface area (Å²) < 4.78 is 50.3. The van der Waals surface area contributed by atoms with E-state index < -0.39 is 104 Å². The van der Waals surface area contributed by atoms with E-state index >= 15 is 0 Å². The minimum Gasteiger partial charge on any atom is -0.456 e. The van der Waals surface area contributed by atoms with E-state index in [9.17, 15) is 28.8 Å². The smallest absolute Gasteiger partial charge is 0.303 e. The SMILES string of the molecule is CON(C)[C@@H]1O[C@H](CO[C@@H]2O[C@@H](C)[C@H](OC(C)=O)[C@@H](OC(C)=O)[C@H]2OC(C)=O)[C@@H](OC(C)=O)[C@H](OC(C)=O)[C@H]1OC(C)=O. The van der Waals surface area contributed by atoms with E-state index in [1.807, 2.05) is 0 Å². The molecule has 0 N–H and O–H groups in total. The zero-order valence-corrected chi connectivity index (χ0v) is 25.5. The van der Waals surface area contributed by atoms with Gasteiger partial charge in [0.1, 0.15) is 6.10 Å². The summed E-state index contributed by atoms with van der Waals surface area (Å²) in [4.78, 5) is 77.1. The summed E-state index contributed by atoms with van der Waals surface area (Å²) in [5, 5.41) is 1.18. The van der Waals surface area contributed by atoms with E-state index in [0.717, 1.165) is 41.5 Å². The first kappa shape index (κ1) is 35.8. The predicted molar refractivity (Wildman–Crippen MR) is 137 cm³/mol. The number of carbonyl (C=O) groups excluding carboxylic acids is 6. The average molecular weight is 622 g/mol. The number of nitrogens with zero attached hydrogens (tertiary/aromatic N) is 1. The Bertz CT molecular complexity index is 1030. The molecule has 0 bridgehead atoms. The highest BCUT2D eigenvalue weighted by Crippen LogP contribution is 2.33. The van der Waals surface area contributed by atoms with E-state index in [0.29, 0.717) is 0 Å². The molecule has 0 aromatic heterocycles. The second-order valence-electron chi connectivity index (χ2n) is 9.78. The van der Waals surface area contributed by atoms with Crippen LogP contribution in [0.4, 0.5) is 0 Å². The van der Waals surface area contributed by atoms with Crippen LogP contribution in [-0.2, 0) is 76.2 Å². The van der Waals surface area contributed by atoms with E-state index in [1.54, 1.807) is 0 Å². The number of rotatable bonds is 11. The molecular formula is C26H39NO16. The molecule has 0 unspecified atom stereocenters. The van der Waals surface area contributed by atoms with Crippen molar-refractivity contribution >= 4 is 35.8 Å². The molecule has 0 spiro atoms. The highest BCUT2D eigenvalue weighted by atomic mass is 16.8. The normalized spacial score (nSPS) is 32.2. The van der Waals surface area contributed by atoms with Crippen molar-refractivity contribution in [2.45, 2.75) is 110 Å². The summed E-state index contributed by atoms with van der Waals surface area (Å²) in [6, 6.07) is 0. The zero-order chi connectivity index (χ0) is 32.6. The van der Waals surface area contributed by atoms with Gasteiger partial charge in [0.05, 0.1) is 19.8 Å². The van der Waals surface area contributed by atoms with Crippen LogP contribution >= 0.6 is 0 Å². The van der Waals surface area contributed by atoms with Gasteiger partial charge in [-0.05, 0) is 6.92 Å². The van der Waals surface area contributed by atoms with E-state index in [4.69, 9.17) is 47.5 Å². The summed E-state index contributed by atoms with van der Waals surface area (Å²) in [5.41, 5.74) is 0. The van der Waals surface area contributed by atoms with Crippen molar-refractivity contribution in [1.29, 1.82) is 0 Å². The van der Waals surface area contributed by atoms with Crippen molar-refractivity contribution in [3.63, 3.8) is 0 Å². The first-order chi connectivity index (χ1) is 20.0. The first-order valence-corrected chi connectivity index (χ1v) is 13.3. The van der Waals surface area contributed by atoms with Crippen molar-refractivity contribution < 1.29 is 76.2 Å². The van der Waals surface area contributed by atoms with Gasteiger partial charge in [-0.3, -0.25) is 33.6 Å². The number of hydrogen-bond acceptors (Lipinski definition) is 17. The molecule has 2 rings (SSSR count). The summed E-state index contributed by atoms with van der Waals surface area (Å²) in [5.74, 6) is -4.56. The van der Waals surface area contributed by atoms with Gasteiger partial charge in [0.2, 0.25) is 0 Å².